The topological polar surface area (TPSA) is 128 Å². The van der Waals surface area contributed by atoms with Gasteiger partial charge in [-0.3, -0.25) is 10.1 Å². The van der Waals surface area contributed by atoms with E-state index in [9.17, 15) is 20.2 Å². The van der Waals surface area contributed by atoms with Gasteiger partial charge >= 0.3 is 5.97 Å². The van der Waals surface area contributed by atoms with E-state index in [0.717, 1.165) is 12.1 Å². The highest BCUT2D eigenvalue weighted by Gasteiger charge is 2.39. The fourth-order valence-electron chi connectivity index (χ4n) is 2.60. The zero-order valence-corrected chi connectivity index (χ0v) is 15.2. The summed E-state index contributed by atoms with van der Waals surface area (Å²) in [6.07, 6.45) is 0. The molecule has 1 unspecified atom stereocenters. The van der Waals surface area contributed by atoms with Crippen LogP contribution in [0, 0.1) is 21.4 Å². The molecule has 0 aromatic heterocycles. The Bertz CT molecular complexity index is 879. The minimum absolute atomic E-state index is 0.00440. The van der Waals surface area contributed by atoms with Gasteiger partial charge in [0.2, 0.25) is 5.88 Å². The monoisotopic (exact) mass is 397 g/mol. The van der Waals surface area contributed by atoms with Crippen molar-refractivity contribution in [3.63, 3.8) is 0 Å². The lowest BCUT2D eigenvalue weighted by molar-refractivity contribution is -0.384. The van der Waals surface area contributed by atoms with Crippen LogP contribution in [0.2, 0.25) is 10.0 Å². The summed E-state index contributed by atoms with van der Waals surface area (Å²) in [6.45, 7) is 3.19. The zero-order chi connectivity index (χ0) is 19.6. The molecule has 0 aliphatic carbocycles. The number of non-ortho nitro benzene ring substituents is 1. The summed E-state index contributed by atoms with van der Waals surface area (Å²) in [5.74, 6) is -1.90. The number of carbonyl (C=O) groups excluding carboxylic acids is 1. The van der Waals surface area contributed by atoms with E-state index < -0.39 is 16.8 Å². The summed E-state index contributed by atoms with van der Waals surface area (Å²) < 4.78 is 10.3. The maximum atomic E-state index is 12.4. The van der Waals surface area contributed by atoms with Crippen molar-refractivity contribution >= 4 is 34.9 Å². The first-order valence-corrected chi connectivity index (χ1v) is 8.07. The number of halogens is 2. The van der Waals surface area contributed by atoms with Crippen LogP contribution in [-0.4, -0.2) is 17.5 Å². The first-order valence-electron chi connectivity index (χ1n) is 7.31. The Morgan fingerprint density at radius 1 is 1.46 bits per heavy atom. The Morgan fingerprint density at radius 2 is 2.04 bits per heavy atom. The largest absolute Gasteiger partial charge is 0.463 e. The second-order valence-electron chi connectivity index (χ2n) is 5.20. The van der Waals surface area contributed by atoms with Crippen molar-refractivity contribution in [2.45, 2.75) is 19.8 Å². The molecule has 1 heterocycles. The highest BCUT2D eigenvalue weighted by molar-refractivity contribution is 6.36. The number of nitro groups is 1. The number of nitriles is 1. The van der Waals surface area contributed by atoms with Gasteiger partial charge in [-0.05, 0) is 13.8 Å². The van der Waals surface area contributed by atoms with Crippen molar-refractivity contribution in [2.24, 2.45) is 5.73 Å². The van der Waals surface area contributed by atoms with E-state index in [1.54, 1.807) is 6.92 Å². The van der Waals surface area contributed by atoms with Gasteiger partial charge in [0.25, 0.3) is 5.69 Å². The normalized spacial score (nSPS) is 16.8. The number of nitrogens with zero attached hydrogens (tertiary/aromatic N) is 2. The van der Waals surface area contributed by atoms with Crippen molar-refractivity contribution in [1.29, 1.82) is 5.26 Å². The molecule has 8 nitrogen and oxygen atoms in total. The van der Waals surface area contributed by atoms with E-state index in [2.05, 4.69) is 0 Å². The minimum Gasteiger partial charge on any atom is -0.463 e. The highest BCUT2D eigenvalue weighted by atomic mass is 35.5. The molecule has 0 bridgehead atoms. The fourth-order valence-corrected chi connectivity index (χ4v) is 3.29. The van der Waals surface area contributed by atoms with E-state index in [4.69, 9.17) is 38.4 Å². The number of carbonyl (C=O) groups is 1. The Labute approximate surface area is 158 Å². The zero-order valence-electron chi connectivity index (χ0n) is 13.7. The number of rotatable bonds is 4. The van der Waals surface area contributed by atoms with Gasteiger partial charge in [-0.1, -0.05) is 23.2 Å². The summed E-state index contributed by atoms with van der Waals surface area (Å²) in [4.78, 5) is 22.8. The van der Waals surface area contributed by atoms with E-state index in [-0.39, 0.29) is 50.7 Å². The number of nitro benzene ring substituents is 1. The molecule has 1 aliphatic rings. The van der Waals surface area contributed by atoms with Gasteiger partial charge in [-0.15, -0.1) is 0 Å². The minimum atomic E-state index is -1.08. The van der Waals surface area contributed by atoms with Crippen LogP contribution in [0.15, 0.2) is 34.9 Å². The molecule has 0 saturated carbocycles. The van der Waals surface area contributed by atoms with Gasteiger partial charge in [-0.2, -0.15) is 5.26 Å². The van der Waals surface area contributed by atoms with E-state index in [1.807, 2.05) is 6.07 Å². The van der Waals surface area contributed by atoms with E-state index in [0.29, 0.717) is 0 Å². The van der Waals surface area contributed by atoms with Crippen LogP contribution in [0.25, 0.3) is 0 Å². The molecule has 0 spiro atoms. The lowest BCUT2D eigenvalue weighted by Gasteiger charge is -2.27. The first-order chi connectivity index (χ1) is 12.2. The van der Waals surface area contributed by atoms with Gasteiger partial charge in [0.1, 0.15) is 17.4 Å². The molecular weight excluding hydrogens is 385 g/mol. The summed E-state index contributed by atoms with van der Waals surface area (Å²) in [7, 11) is 0. The number of benzene rings is 1. The maximum Gasteiger partial charge on any atom is 0.338 e. The summed E-state index contributed by atoms with van der Waals surface area (Å²) in [5, 5.41) is 20.3. The van der Waals surface area contributed by atoms with Crippen molar-refractivity contribution in [3.8, 4) is 6.07 Å². The average molecular weight is 398 g/mol. The fraction of sp³-hybridized carbons (Fsp3) is 0.250. The quantitative estimate of drug-likeness (QED) is 0.467. The standard InChI is InChI=1S/C16H13Cl2N3O5/c1-3-25-16(22)12-7(2)26-15(20)9(6-19)13(12)14-10(17)4-8(21(23)24)5-11(14)18/h4-5,13H,3,20H2,1-2H3. The van der Waals surface area contributed by atoms with E-state index >= 15 is 0 Å². The molecule has 2 rings (SSSR count). The van der Waals surface area contributed by atoms with Crippen molar-refractivity contribution in [3.05, 3.63) is 60.6 Å². The molecule has 1 atom stereocenters. The number of ether oxygens (including phenoxy) is 2. The SMILES string of the molecule is CCOC(=O)C1=C(C)OC(N)=C(C#N)C1c1c(Cl)cc([N+](=O)[O-])cc1Cl. The predicted molar refractivity (Wildman–Crippen MR) is 93.1 cm³/mol. The summed E-state index contributed by atoms with van der Waals surface area (Å²) in [5.41, 5.74) is 5.47. The molecule has 1 aromatic carbocycles. The molecule has 0 radical (unpaired) electrons. The van der Waals surface area contributed by atoms with Crippen LogP contribution in [0.3, 0.4) is 0 Å². The molecule has 2 N–H and O–H groups in total. The Balaban J connectivity index is 2.76. The Hall–Kier alpha value is -2.76. The van der Waals surface area contributed by atoms with Crippen LogP contribution in [0.4, 0.5) is 5.69 Å². The third-order valence-electron chi connectivity index (χ3n) is 3.66. The van der Waals surface area contributed by atoms with E-state index in [1.165, 1.54) is 6.92 Å². The highest BCUT2D eigenvalue weighted by Crippen LogP contribution is 2.46. The van der Waals surface area contributed by atoms with Gasteiger partial charge < -0.3 is 15.2 Å². The smallest absolute Gasteiger partial charge is 0.338 e. The third kappa shape index (κ3) is 3.45. The van der Waals surface area contributed by atoms with Crippen molar-refractivity contribution < 1.29 is 19.2 Å². The summed E-state index contributed by atoms with van der Waals surface area (Å²) >= 11 is 12.4. The average Bonchev–Trinajstić information content (AvgIpc) is 2.54. The molecule has 1 aliphatic heterocycles. The van der Waals surface area contributed by atoms with Gasteiger partial charge in [0.05, 0.1) is 33.1 Å². The first kappa shape index (κ1) is 19.6. The second kappa shape index (κ2) is 7.64. The maximum absolute atomic E-state index is 12.4. The molecule has 0 fully saturated rings. The van der Waals surface area contributed by atoms with Gasteiger partial charge in [0.15, 0.2) is 0 Å². The van der Waals surface area contributed by atoms with Crippen LogP contribution in [0.5, 0.6) is 0 Å². The van der Waals surface area contributed by atoms with Crippen molar-refractivity contribution in [1.82, 2.24) is 0 Å². The van der Waals surface area contributed by atoms with Gasteiger partial charge in [-0.25, -0.2) is 4.79 Å². The lowest BCUT2D eigenvalue weighted by Crippen LogP contribution is -2.26. The molecule has 136 valence electrons. The number of hydrogen-bond donors (Lipinski definition) is 1. The molecule has 1 aromatic rings. The summed E-state index contributed by atoms with van der Waals surface area (Å²) in [6, 6.07) is 4.05. The number of esters is 1. The van der Waals surface area contributed by atoms with Gasteiger partial charge in [0, 0.05) is 17.7 Å². The van der Waals surface area contributed by atoms with Crippen LogP contribution >= 0.6 is 23.2 Å². The molecule has 0 amide bonds. The number of hydrogen-bond acceptors (Lipinski definition) is 7. The Kier molecular flexibility index (Phi) is 5.75. The van der Waals surface area contributed by atoms with Crippen LogP contribution in [0.1, 0.15) is 25.3 Å². The number of nitrogens with two attached hydrogens (primary N) is 1. The van der Waals surface area contributed by atoms with Crippen LogP contribution in [-0.2, 0) is 14.3 Å². The third-order valence-corrected chi connectivity index (χ3v) is 4.29. The molecule has 0 saturated heterocycles. The lowest BCUT2D eigenvalue weighted by atomic mass is 9.83. The molecular formula is C16H13Cl2N3O5. The number of allylic oxidation sites excluding steroid dienone is 2. The molecule has 26 heavy (non-hydrogen) atoms. The second-order valence-corrected chi connectivity index (χ2v) is 6.01. The molecule has 10 heteroatoms. The van der Waals surface area contributed by atoms with Crippen LogP contribution < -0.4 is 5.73 Å². The predicted octanol–water partition coefficient (Wildman–Crippen LogP) is 3.55. The Morgan fingerprint density at radius 3 is 2.50 bits per heavy atom. The van der Waals surface area contributed by atoms with Crippen molar-refractivity contribution in [2.75, 3.05) is 6.61 Å².